The Morgan fingerprint density at radius 1 is 1.08 bits per heavy atom. The van der Waals surface area contributed by atoms with Gasteiger partial charge in [-0.3, -0.25) is 0 Å². The van der Waals surface area contributed by atoms with E-state index in [1.165, 1.54) is 17.5 Å². The summed E-state index contributed by atoms with van der Waals surface area (Å²) in [6.45, 7) is 12.6. The summed E-state index contributed by atoms with van der Waals surface area (Å²) in [6, 6.07) is 8.79. The van der Waals surface area contributed by atoms with Crippen LogP contribution in [0, 0.1) is 12.8 Å². The van der Waals surface area contributed by atoms with Crippen LogP contribution in [0.25, 0.3) is 0 Å². The average molecular weight is 176 g/mol. The number of rotatable bonds is 2. The lowest BCUT2D eigenvalue weighted by molar-refractivity contribution is 0.647. The van der Waals surface area contributed by atoms with Crippen molar-refractivity contribution in [2.75, 3.05) is 0 Å². The molecule has 0 aromatic heterocycles. The smallest absolute Gasteiger partial charge is 0.0256 e. The first-order valence-electron chi connectivity index (χ1n) is 4.74. The third kappa shape index (κ3) is 5.24. The molecule has 0 heteroatoms. The monoisotopic (exact) mass is 176 g/mol. The second-order valence-corrected chi connectivity index (χ2v) is 3.58. The van der Waals surface area contributed by atoms with Crippen molar-refractivity contribution in [1.29, 1.82) is 0 Å². The average Bonchev–Trinajstić information content (AvgIpc) is 2.12. The topological polar surface area (TPSA) is 0 Å². The van der Waals surface area contributed by atoms with E-state index in [1.54, 1.807) is 0 Å². The van der Waals surface area contributed by atoms with Gasteiger partial charge >= 0.3 is 0 Å². The Labute approximate surface area is 82.3 Å². The van der Waals surface area contributed by atoms with Crippen LogP contribution in [-0.2, 0) is 6.42 Å². The van der Waals surface area contributed by atoms with E-state index in [4.69, 9.17) is 0 Å². The number of hydrogen-bond donors (Lipinski definition) is 0. The zero-order chi connectivity index (χ0) is 10.3. The molecule has 0 amide bonds. The van der Waals surface area contributed by atoms with Gasteiger partial charge in [0, 0.05) is 0 Å². The summed E-state index contributed by atoms with van der Waals surface area (Å²) >= 11 is 0. The minimum Gasteiger partial charge on any atom is -0.106 e. The van der Waals surface area contributed by atoms with Crippen molar-refractivity contribution in [2.45, 2.75) is 27.2 Å². The van der Waals surface area contributed by atoms with E-state index >= 15 is 0 Å². The number of hydrogen-bond acceptors (Lipinski definition) is 0. The normalized spacial score (nSPS) is 9.23. The van der Waals surface area contributed by atoms with Crippen LogP contribution in [0.2, 0.25) is 0 Å². The van der Waals surface area contributed by atoms with Gasteiger partial charge < -0.3 is 0 Å². The molecule has 0 spiro atoms. The van der Waals surface area contributed by atoms with Crippen molar-refractivity contribution in [1.82, 2.24) is 0 Å². The van der Waals surface area contributed by atoms with Crippen LogP contribution >= 0.6 is 0 Å². The van der Waals surface area contributed by atoms with Crippen molar-refractivity contribution in [3.05, 3.63) is 48.6 Å². The van der Waals surface area contributed by atoms with Gasteiger partial charge in [-0.05, 0) is 24.8 Å². The van der Waals surface area contributed by atoms with Gasteiger partial charge in [0.05, 0.1) is 0 Å². The van der Waals surface area contributed by atoms with Gasteiger partial charge in [-0.15, -0.1) is 13.2 Å². The van der Waals surface area contributed by atoms with E-state index < -0.39 is 0 Å². The SMILES string of the molecule is C=C.Cc1ccc(CC(C)C)cc1. The van der Waals surface area contributed by atoms with Crippen LogP contribution in [0.4, 0.5) is 0 Å². The van der Waals surface area contributed by atoms with Gasteiger partial charge in [0.2, 0.25) is 0 Å². The largest absolute Gasteiger partial charge is 0.106 e. The Balaban J connectivity index is 0.000000671. The van der Waals surface area contributed by atoms with Gasteiger partial charge in [0.1, 0.15) is 0 Å². The van der Waals surface area contributed by atoms with Crippen molar-refractivity contribution in [2.24, 2.45) is 5.92 Å². The van der Waals surface area contributed by atoms with Crippen LogP contribution < -0.4 is 0 Å². The first kappa shape index (κ1) is 12.0. The van der Waals surface area contributed by atoms with E-state index in [9.17, 15) is 0 Å². The second kappa shape index (κ2) is 6.47. The molecule has 0 bridgehead atoms. The third-order valence-corrected chi connectivity index (χ3v) is 1.76. The molecule has 13 heavy (non-hydrogen) atoms. The molecule has 0 aliphatic carbocycles. The molecule has 0 aliphatic rings. The third-order valence-electron chi connectivity index (χ3n) is 1.76. The lowest BCUT2D eigenvalue weighted by Gasteiger charge is -2.04. The summed E-state index contributed by atoms with van der Waals surface area (Å²) in [5.41, 5.74) is 2.79. The van der Waals surface area contributed by atoms with Crippen LogP contribution in [0.3, 0.4) is 0 Å². The van der Waals surface area contributed by atoms with Crippen molar-refractivity contribution in [3.8, 4) is 0 Å². The highest BCUT2D eigenvalue weighted by molar-refractivity contribution is 5.21. The Kier molecular flexibility index (Phi) is 5.96. The van der Waals surface area contributed by atoms with E-state index in [-0.39, 0.29) is 0 Å². The minimum absolute atomic E-state index is 0.762. The molecule has 1 rings (SSSR count). The second-order valence-electron chi connectivity index (χ2n) is 3.58. The van der Waals surface area contributed by atoms with Crippen LogP contribution in [0.15, 0.2) is 37.4 Å². The number of aryl methyl sites for hydroxylation is 1. The van der Waals surface area contributed by atoms with E-state index in [0.717, 1.165) is 5.92 Å². The van der Waals surface area contributed by atoms with Crippen LogP contribution in [-0.4, -0.2) is 0 Å². The molecule has 0 saturated carbocycles. The van der Waals surface area contributed by atoms with Crippen molar-refractivity contribution < 1.29 is 0 Å². The highest BCUT2D eigenvalue weighted by Gasteiger charge is 1.95. The van der Waals surface area contributed by atoms with E-state index in [2.05, 4.69) is 58.2 Å². The summed E-state index contributed by atoms with van der Waals surface area (Å²) < 4.78 is 0. The summed E-state index contributed by atoms with van der Waals surface area (Å²) in [7, 11) is 0. The standard InChI is InChI=1S/C11H16.C2H4/c1-9(2)8-11-6-4-10(3)5-7-11;1-2/h4-7,9H,8H2,1-3H3;1-2H2. The zero-order valence-electron chi connectivity index (χ0n) is 9.01. The van der Waals surface area contributed by atoms with E-state index in [1.807, 2.05) is 0 Å². The van der Waals surface area contributed by atoms with E-state index in [0.29, 0.717) is 0 Å². The Bertz CT molecular complexity index is 218. The fourth-order valence-corrected chi connectivity index (χ4v) is 1.20. The summed E-state index contributed by atoms with van der Waals surface area (Å²) in [6.07, 6.45) is 1.19. The summed E-state index contributed by atoms with van der Waals surface area (Å²) in [4.78, 5) is 0. The minimum atomic E-state index is 0.762. The molecule has 0 fully saturated rings. The lowest BCUT2D eigenvalue weighted by atomic mass is 10.0. The Morgan fingerprint density at radius 3 is 1.92 bits per heavy atom. The molecule has 0 N–H and O–H groups in total. The molecule has 0 heterocycles. The van der Waals surface area contributed by atoms with Gasteiger partial charge in [-0.2, -0.15) is 0 Å². The fraction of sp³-hybridized carbons (Fsp3) is 0.385. The molecule has 1 aromatic carbocycles. The van der Waals surface area contributed by atoms with Crippen molar-refractivity contribution in [3.63, 3.8) is 0 Å². The molecule has 0 aliphatic heterocycles. The first-order valence-corrected chi connectivity index (χ1v) is 4.74. The zero-order valence-corrected chi connectivity index (χ0v) is 9.01. The Morgan fingerprint density at radius 2 is 1.54 bits per heavy atom. The quantitative estimate of drug-likeness (QED) is 0.597. The molecule has 0 unspecified atom stereocenters. The van der Waals surface area contributed by atoms with Crippen molar-refractivity contribution >= 4 is 0 Å². The molecule has 0 nitrogen and oxygen atoms in total. The predicted octanol–water partition coefficient (Wildman–Crippen LogP) is 4.00. The molecule has 0 atom stereocenters. The highest BCUT2D eigenvalue weighted by Crippen LogP contribution is 2.08. The molecular weight excluding hydrogens is 156 g/mol. The van der Waals surface area contributed by atoms with Crippen LogP contribution in [0.1, 0.15) is 25.0 Å². The molecular formula is C13H20. The Hall–Kier alpha value is -1.04. The maximum atomic E-state index is 3.00. The van der Waals surface area contributed by atoms with Gasteiger partial charge in [0.15, 0.2) is 0 Å². The van der Waals surface area contributed by atoms with Crippen LogP contribution in [0.5, 0.6) is 0 Å². The molecule has 1 aromatic rings. The maximum absolute atomic E-state index is 3.00. The molecule has 0 radical (unpaired) electrons. The molecule has 72 valence electrons. The predicted molar refractivity (Wildman–Crippen MR) is 61.0 cm³/mol. The van der Waals surface area contributed by atoms with Gasteiger partial charge in [-0.25, -0.2) is 0 Å². The van der Waals surface area contributed by atoms with Gasteiger partial charge in [0.25, 0.3) is 0 Å². The first-order chi connectivity index (χ1) is 6.18. The molecule has 0 saturated heterocycles. The summed E-state index contributed by atoms with van der Waals surface area (Å²) in [5.74, 6) is 0.762. The maximum Gasteiger partial charge on any atom is -0.0256 e. The number of benzene rings is 1. The lowest BCUT2D eigenvalue weighted by Crippen LogP contribution is -1.93. The highest BCUT2D eigenvalue weighted by atomic mass is 14.0. The van der Waals surface area contributed by atoms with Gasteiger partial charge in [-0.1, -0.05) is 43.7 Å². The fourth-order valence-electron chi connectivity index (χ4n) is 1.20. The summed E-state index contributed by atoms with van der Waals surface area (Å²) in [5, 5.41) is 0.